The molecule has 0 spiro atoms. The molecule has 0 aliphatic carbocycles. The van der Waals surface area contributed by atoms with E-state index in [1.165, 1.54) is 6.07 Å². The lowest BCUT2D eigenvalue weighted by Gasteiger charge is -2.28. The van der Waals surface area contributed by atoms with E-state index >= 15 is 0 Å². The highest BCUT2D eigenvalue weighted by atomic mass is 35.5. The summed E-state index contributed by atoms with van der Waals surface area (Å²) in [6, 6.07) is 22.9. The molecule has 0 atom stereocenters. The quantitative estimate of drug-likeness (QED) is 0.130. The first-order chi connectivity index (χ1) is 25.3. The van der Waals surface area contributed by atoms with Gasteiger partial charge in [-0.05, 0) is 78.6 Å². The molecule has 265 valence electrons. The first-order valence-electron chi connectivity index (χ1n) is 17.5. The minimum Gasteiger partial charge on any atom is -0.473 e. The first-order valence-corrected chi connectivity index (χ1v) is 19.7. The van der Waals surface area contributed by atoms with Crippen LogP contribution in [0.25, 0.3) is 27.5 Å². The first kappa shape index (κ1) is 34.2. The molecule has 0 unspecified atom stereocenters. The van der Waals surface area contributed by atoms with E-state index in [0.29, 0.717) is 34.3 Å². The number of aromatic amines is 1. The molecule has 3 aromatic carbocycles. The fourth-order valence-electron chi connectivity index (χ4n) is 6.67. The highest BCUT2D eigenvalue weighted by Crippen LogP contribution is 2.28. The molecular weight excluding hydrogens is 697 g/mol. The topological polar surface area (TPSA) is 110 Å². The predicted octanol–water partition coefficient (Wildman–Crippen LogP) is 7.91. The second-order valence-corrected chi connectivity index (χ2v) is 16.2. The van der Waals surface area contributed by atoms with E-state index in [9.17, 15) is 9.18 Å². The van der Waals surface area contributed by atoms with Crippen molar-refractivity contribution in [2.45, 2.75) is 51.5 Å². The number of carbonyl (C=O) groups excluding carboxylic acids is 1. The van der Waals surface area contributed by atoms with Crippen LogP contribution in [0.4, 0.5) is 10.1 Å². The SMILES string of the molecule is CC(C)c1[nH]nc2ccc(C(=O)Nc3ccc4c(c3)nc(CN3CC=C(c5cccc(OCc6ccc(Cl)cc6F)n5)CC3)n4C[Si]3CCO3)cc12. The molecule has 13 heteroatoms. The van der Waals surface area contributed by atoms with E-state index in [2.05, 4.69) is 51.0 Å². The number of benzene rings is 3. The van der Waals surface area contributed by atoms with Crippen molar-refractivity contribution in [1.82, 2.24) is 29.6 Å². The second-order valence-electron chi connectivity index (χ2n) is 13.5. The van der Waals surface area contributed by atoms with E-state index in [-0.39, 0.29) is 18.4 Å². The van der Waals surface area contributed by atoms with Gasteiger partial charge in [-0.1, -0.05) is 43.7 Å². The summed E-state index contributed by atoms with van der Waals surface area (Å²) in [6.45, 7) is 7.37. The second kappa shape index (κ2) is 14.6. The molecule has 1 fully saturated rings. The summed E-state index contributed by atoms with van der Waals surface area (Å²) in [6.07, 6.45) is 3.86. The number of hydrogen-bond acceptors (Lipinski definition) is 7. The molecule has 5 heterocycles. The number of H-pyrrole nitrogens is 1. The van der Waals surface area contributed by atoms with Crippen LogP contribution in [0.15, 0.2) is 78.9 Å². The van der Waals surface area contributed by atoms with Crippen LogP contribution in [0.2, 0.25) is 11.1 Å². The van der Waals surface area contributed by atoms with Crippen molar-refractivity contribution in [2.24, 2.45) is 0 Å². The van der Waals surface area contributed by atoms with Crippen molar-refractivity contribution >= 4 is 59.7 Å². The lowest BCUT2D eigenvalue weighted by atomic mass is 10.0. The number of fused-ring (bicyclic) bond motifs is 2. The number of nitrogens with zero attached hydrogens (tertiary/aromatic N) is 5. The summed E-state index contributed by atoms with van der Waals surface area (Å²) in [5.74, 6) is 1.11. The van der Waals surface area contributed by atoms with E-state index in [1.54, 1.807) is 24.3 Å². The van der Waals surface area contributed by atoms with Crippen LogP contribution in [0.1, 0.15) is 59.3 Å². The van der Waals surface area contributed by atoms with Gasteiger partial charge >= 0.3 is 0 Å². The molecule has 2 aliphatic heterocycles. The number of halogens is 2. The fraction of sp³-hybridized carbons (Fsp3) is 0.282. The van der Waals surface area contributed by atoms with Crippen LogP contribution in [-0.2, 0) is 23.7 Å². The molecule has 2 aliphatic rings. The molecule has 2 N–H and O–H groups in total. The van der Waals surface area contributed by atoms with Crippen LogP contribution < -0.4 is 10.1 Å². The van der Waals surface area contributed by atoms with Gasteiger partial charge in [0.2, 0.25) is 14.9 Å². The van der Waals surface area contributed by atoms with Crippen LogP contribution in [0, 0.1) is 5.82 Å². The Bertz CT molecular complexity index is 2320. The summed E-state index contributed by atoms with van der Waals surface area (Å²) >= 11 is 5.88. The minimum atomic E-state index is -0.917. The molecule has 52 heavy (non-hydrogen) atoms. The van der Waals surface area contributed by atoms with Crippen molar-refractivity contribution in [3.63, 3.8) is 0 Å². The van der Waals surface area contributed by atoms with Crippen molar-refractivity contribution in [1.29, 1.82) is 0 Å². The monoisotopic (exact) mass is 734 g/mol. The average Bonchev–Trinajstić information content (AvgIpc) is 3.70. The number of amides is 1. The van der Waals surface area contributed by atoms with Crippen molar-refractivity contribution < 1.29 is 18.3 Å². The number of ether oxygens (including phenoxy) is 1. The van der Waals surface area contributed by atoms with E-state index < -0.39 is 14.9 Å². The normalized spacial score (nSPS) is 15.3. The average molecular weight is 735 g/mol. The third-order valence-electron chi connectivity index (χ3n) is 9.63. The van der Waals surface area contributed by atoms with Crippen LogP contribution in [0.3, 0.4) is 0 Å². The van der Waals surface area contributed by atoms with Gasteiger partial charge in [-0.3, -0.25) is 14.8 Å². The number of rotatable bonds is 11. The van der Waals surface area contributed by atoms with Gasteiger partial charge in [-0.25, -0.2) is 14.4 Å². The van der Waals surface area contributed by atoms with Gasteiger partial charge < -0.3 is 19.0 Å². The van der Waals surface area contributed by atoms with Crippen LogP contribution in [0.5, 0.6) is 5.88 Å². The Morgan fingerprint density at radius 1 is 1.10 bits per heavy atom. The third-order valence-corrected chi connectivity index (χ3v) is 11.9. The Hall–Kier alpha value is -4.88. The zero-order valence-electron chi connectivity index (χ0n) is 29.0. The molecule has 8 rings (SSSR count). The summed E-state index contributed by atoms with van der Waals surface area (Å²) in [4.78, 5) is 25.6. The fourth-order valence-corrected chi connectivity index (χ4v) is 8.28. The maximum atomic E-state index is 14.2. The van der Waals surface area contributed by atoms with Crippen molar-refractivity contribution in [3.05, 3.63) is 118 Å². The summed E-state index contributed by atoms with van der Waals surface area (Å²) in [5, 5.41) is 11.9. The Morgan fingerprint density at radius 2 is 1.98 bits per heavy atom. The molecule has 3 aromatic heterocycles. The van der Waals surface area contributed by atoms with Gasteiger partial charge in [0.25, 0.3) is 5.91 Å². The van der Waals surface area contributed by atoms with E-state index in [4.69, 9.17) is 30.7 Å². The molecule has 0 bridgehead atoms. The number of pyridine rings is 1. The number of carbonyl (C=O) groups is 1. The highest BCUT2D eigenvalue weighted by molar-refractivity contribution is 6.53. The third kappa shape index (κ3) is 7.24. The number of anilines is 1. The number of nitrogens with one attached hydrogen (secondary N) is 2. The van der Waals surface area contributed by atoms with Gasteiger partial charge in [-0.2, -0.15) is 5.10 Å². The molecule has 6 aromatic rings. The molecule has 1 radical (unpaired) electrons. The lowest BCUT2D eigenvalue weighted by molar-refractivity contribution is 0.102. The predicted molar refractivity (Wildman–Crippen MR) is 202 cm³/mol. The zero-order valence-corrected chi connectivity index (χ0v) is 30.7. The molecule has 10 nitrogen and oxygen atoms in total. The van der Waals surface area contributed by atoms with Crippen molar-refractivity contribution in [3.8, 4) is 5.88 Å². The Labute approximate surface area is 307 Å². The standard InChI is InChI=1S/C39H38ClFN7O3Si/c1-24(2)38-30-18-26(7-10-33(30)45-46-38)39(49)42-29-9-11-35-34(20-29)43-36(48(35)23-52-17-16-51-52)21-47-14-12-25(13-15-47)32-4-3-5-37(44-32)50-22-27-6-8-28(40)19-31(27)41/h3-12,18-20,24H,13-17,21-23H2,1-2H3,(H,42,49)(H,45,46). The van der Waals surface area contributed by atoms with Crippen LogP contribution >= 0.6 is 11.6 Å². The van der Waals surface area contributed by atoms with Gasteiger partial charge in [0.1, 0.15) is 18.2 Å². The van der Waals surface area contributed by atoms with E-state index in [0.717, 1.165) is 83.1 Å². The number of hydrogen-bond donors (Lipinski definition) is 2. The number of imidazole rings is 1. The largest absolute Gasteiger partial charge is 0.473 e. The maximum absolute atomic E-state index is 14.2. The summed E-state index contributed by atoms with van der Waals surface area (Å²) < 4.78 is 28.3. The lowest BCUT2D eigenvalue weighted by Crippen LogP contribution is -2.37. The van der Waals surface area contributed by atoms with Crippen molar-refractivity contribution in [2.75, 3.05) is 25.0 Å². The smallest absolute Gasteiger partial charge is 0.255 e. The van der Waals surface area contributed by atoms with Gasteiger partial charge in [0.05, 0.1) is 28.8 Å². The maximum Gasteiger partial charge on any atom is 0.255 e. The zero-order chi connectivity index (χ0) is 35.8. The van der Waals surface area contributed by atoms with Gasteiger partial charge in [0.15, 0.2) is 0 Å². The van der Waals surface area contributed by atoms with Gasteiger partial charge in [-0.15, -0.1) is 0 Å². The van der Waals surface area contributed by atoms with Gasteiger partial charge in [0, 0.05) is 64.8 Å². The molecule has 1 saturated heterocycles. The highest BCUT2D eigenvalue weighted by Gasteiger charge is 2.26. The molecule has 0 saturated carbocycles. The summed E-state index contributed by atoms with van der Waals surface area (Å²) in [5.41, 5.74) is 7.44. The Kier molecular flexibility index (Phi) is 9.62. The molecule has 1 amide bonds. The molecular formula is C39H38ClFN7O3Si. The van der Waals surface area contributed by atoms with E-state index in [1.807, 2.05) is 36.4 Å². The Balaban J connectivity index is 0.963. The van der Waals surface area contributed by atoms with Crippen LogP contribution in [-0.4, -0.2) is 64.3 Å². The minimum absolute atomic E-state index is 0.0661. The Morgan fingerprint density at radius 3 is 2.75 bits per heavy atom. The summed E-state index contributed by atoms with van der Waals surface area (Å²) in [7, 11) is -0.917. The number of aromatic nitrogens is 5.